The number of hydrogen-bond acceptors (Lipinski definition) is 3. The molecule has 0 aromatic carbocycles. The summed E-state index contributed by atoms with van der Waals surface area (Å²) in [6, 6.07) is -0.429. The molecule has 0 aromatic rings. The number of nitrogens with two attached hydrogens (primary N) is 1. The fraction of sp³-hybridized carbons (Fsp3) is 0.900. The predicted molar refractivity (Wildman–Crippen MR) is 51.2 cm³/mol. The van der Waals surface area contributed by atoms with Gasteiger partial charge in [-0.05, 0) is 25.2 Å². The largest absolute Gasteiger partial charge is 0.464 e. The van der Waals surface area contributed by atoms with E-state index in [2.05, 4.69) is 0 Å². The minimum atomic E-state index is -0.429. The molecule has 13 heavy (non-hydrogen) atoms. The van der Waals surface area contributed by atoms with E-state index in [9.17, 15) is 4.79 Å². The van der Waals surface area contributed by atoms with E-state index in [1.54, 1.807) is 0 Å². The molecule has 0 aromatic heterocycles. The van der Waals surface area contributed by atoms with Gasteiger partial charge in [0, 0.05) is 0 Å². The average molecular weight is 185 g/mol. The molecule has 0 saturated heterocycles. The zero-order chi connectivity index (χ0) is 9.68. The van der Waals surface area contributed by atoms with E-state index in [-0.39, 0.29) is 5.97 Å². The van der Waals surface area contributed by atoms with E-state index in [0.717, 1.165) is 0 Å². The van der Waals surface area contributed by atoms with Gasteiger partial charge in [-0.2, -0.15) is 0 Å². The van der Waals surface area contributed by atoms with Gasteiger partial charge in [0.1, 0.15) is 6.04 Å². The Morgan fingerprint density at radius 3 is 2.69 bits per heavy atom. The van der Waals surface area contributed by atoms with E-state index < -0.39 is 6.04 Å². The highest BCUT2D eigenvalue weighted by molar-refractivity contribution is 5.75. The first-order chi connectivity index (χ1) is 6.24. The maximum Gasteiger partial charge on any atom is 0.322 e. The molecule has 1 rings (SSSR count). The quantitative estimate of drug-likeness (QED) is 0.674. The highest BCUT2D eigenvalue weighted by Gasteiger charge is 2.18. The maximum absolute atomic E-state index is 11.2. The summed E-state index contributed by atoms with van der Waals surface area (Å²) in [5, 5.41) is 0. The lowest BCUT2D eigenvalue weighted by molar-refractivity contribution is -0.146. The van der Waals surface area contributed by atoms with Crippen LogP contribution in [-0.2, 0) is 9.53 Å². The molecule has 0 amide bonds. The smallest absolute Gasteiger partial charge is 0.322 e. The third kappa shape index (κ3) is 3.35. The number of hydrogen-bond donors (Lipinski definition) is 1. The molecular formula is C10H19NO2. The third-order valence-corrected chi connectivity index (χ3v) is 2.68. The van der Waals surface area contributed by atoms with Crippen LogP contribution in [-0.4, -0.2) is 18.6 Å². The van der Waals surface area contributed by atoms with Crippen LogP contribution in [0, 0.1) is 5.92 Å². The summed E-state index contributed by atoms with van der Waals surface area (Å²) in [7, 11) is 0. The molecule has 0 radical (unpaired) electrons. The van der Waals surface area contributed by atoms with Crippen LogP contribution in [0.5, 0.6) is 0 Å². The van der Waals surface area contributed by atoms with Crippen LogP contribution in [0.4, 0.5) is 0 Å². The first-order valence-corrected chi connectivity index (χ1v) is 5.16. The third-order valence-electron chi connectivity index (χ3n) is 2.68. The lowest BCUT2D eigenvalue weighted by Gasteiger charge is -2.12. The van der Waals surface area contributed by atoms with Gasteiger partial charge in [-0.3, -0.25) is 4.79 Å². The maximum atomic E-state index is 11.2. The SMILES string of the molecule is CC[C@@H](N)C(=O)OCC1CCCC1. The van der Waals surface area contributed by atoms with Crippen molar-refractivity contribution in [3.8, 4) is 0 Å². The minimum Gasteiger partial charge on any atom is -0.464 e. The van der Waals surface area contributed by atoms with Crippen LogP contribution >= 0.6 is 0 Å². The predicted octanol–water partition coefficient (Wildman–Crippen LogP) is 1.46. The van der Waals surface area contributed by atoms with Crippen molar-refractivity contribution in [3.63, 3.8) is 0 Å². The van der Waals surface area contributed by atoms with Gasteiger partial charge in [-0.25, -0.2) is 0 Å². The van der Waals surface area contributed by atoms with Gasteiger partial charge in [0.2, 0.25) is 0 Å². The summed E-state index contributed by atoms with van der Waals surface area (Å²) in [5.41, 5.74) is 5.53. The van der Waals surface area contributed by atoms with Crippen molar-refractivity contribution >= 4 is 5.97 Å². The van der Waals surface area contributed by atoms with Crippen LogP contribution in [0.3, 0.4) is 0 Å². The van der Waals surface area contributed by atoms with Crippen molar-refractivity contribution < 1.29 is 9.53 Å². The van der Waals surface area contributed by atoms with Gasteiger partial charge in [0.15, 0.2) is 0 Å². The molecule has 2 N–H and O–H groups in total. The van der Waals surface area contributed by atoms with Crippen LogP contribution in [0.15, 0.2) is 0 Å². The topological polar surface area (TPSA) is 52.3 Å². The molecule has 0 spiro atoms. The Kier molecular flexibility index (Phi) is 4.22. The van der Waals surface area contributed by atoms with Crippen molar-refractivity contribution in [1.82, 2.24) is 0 Å². The van der Waals surface area contributed by atoms with Crippen LogP contribution in [0.25, 0.3) is 0 Å². The second-order valence-corrected chi connectivity index (χ2v) is 3.80. The Hall–Kier alpha value is -0.570. The summed E-state index contributed by atoms with van der Waals surface area (Å²) in [6.07, 6.45) is 5.62. The van der Waals surface area contributed by atoms with E-state index >= 15 is 0 Å². The van der Waals surface area contributed by atoms with Crippen molar-refractivity contribution in [2.75, 3.05) is 6.61 Å². The Morgan fingerprint density at radius 1 is 1.54 bits per heavy atom. The lowest BCUT2D eigenvalue weighted by Crippen LogP contribution is -2.32. The highest BCUT2D eigenvalue weighted by Crippen LogP contribution is 2.24. The summed E-state index contributed by atoms with van der Waals surface area (Å²) in [6.45, 7) is 2.47. The normalized spacial score (nSPS) is 20.2. The lowest BCUT2D eigenvalue weighted by atomic mass is 10.1. The number of carbonyl (C=O) groups excluding carboxylic acids is 1. The molecule has 0 aliphatic heterocycles. The molecule has 1 fully saturated rings. The van der Waals surface area contributed by atoms with Crippen molar-refractivity contribution in [1.29, 1.82) is 0 Å². The van der Waals surface area contributed by atoms with Crippen LogP contribution in [0.1, 0.15) is 39.0 Å². The molecule has 76 valence electrons. The van der Waals surface area contributed by atoms with E-state index in [0.29, 0.717) is 18.9 Å². The average Bonchev–Trinajstić information content (AvgIpc) is 2.65. The van der Waals surface area contributed by atoms with E-state index in [1.165, 1.54) is 25.7 Å². The Bertz CT molecular complexity index is 164. The van der Waals surface area contributed by atoms with E-state index in [1.807, 2.05) is 6.92 Å². The van der Waals surface area contributed by atoms with Crippen LogP contribution < -0.4 is 5.73 Å². The number of ether oxygens (including phenoxy) is 1. The highest BCUT2D eigenvalue weighted by atomic mass is 16.5. The van der Waals surface area contributed by atoms with Gasteiger partial charge in [-0.1, -0.05) is 19.8 Å². The molecule has 3 heteroatoms. The Labute approximate surface area is 79.6 Å². The number of esters is 1. The fourth-order valence-corrected chi connectivity index (χ4v) is 1.65. The van der Waals surface area contributed by atoms with E-state index in [4.69, 9.17) is 10.5 Å². The Morgan fingerprint density at radius 2 is 2.15 bits per heavy atom. The van der Waals surface area contributed by atoms with Gasteiger partial charge < -0.3 is 10.5 Å². The second kappa shape index (κ2) is 5.22. The van der Waals surface area contributed by atoms with Gasteiger partial charge in [-0.15, -0.1) is 0 Å². The van der Waals surface area contributed by atoms with Gasteiger partial charge in [0.05, 0.1) is 6.61 Å². The summed E-state index contributed by atoms with van der Waals surface area (Å²) in [5.74, 6) is 0.349. The summed E-state index contributed by atoms with van der Waals surface area (Å²) < 4.78 is 5.11. The van der Waals surface area contributed by atoms with Gasteiger partial charge in [0.25, 0.3) is 0 Å². The van der Waals surface area contributed by atoms with Gasteiger partial charge >= 0.3 is 5.97 Å². The number of carbonyl (C=O) groups is 1. The molecule has 0 heterocycles. The molecule has 1 aliphatic rings. The first-order valence-electron chi connectivity index (χ1n) is 5.16. The summed E-state index contributed by atoms with van der Waals surface area (Å²) in [4.78, 5) is 11.2. The Balaban J connectivity index is 2.13. The minimum absolute atomic E-state index is 0.241. The molecule has 0 unspecified atom stereocenters. The van der Waals surface area contributed by atoms with Crippen molar-refractivity contribution in [2.45, 2.75) is 45.1 Å². The first kappa shape index (κ1) is 10.5. The fourth-order valence-electron chi connectivity index (χ4n) is 1.65. The molecule has 1 atom stereocenters. The molecular weight excluding hydrogens is 166 g/mol. The standard InChI is InChI=1S/C10H19NO2/c1-2-9(11)10(12)13-7-8-5-3-4-6-8/h8-9H,2-7,11H2,1H3/t9-/m1/s1. The van der Waals surface area contributed by atoms with Crippen molar-refractivity contribution in [2.24, 2.45) is 11.7 Å². The zero-order valence-corrected chi connectivity index (χ0v) is 8.29. The molecule has 1 aliphatic carbocycles. The molecule has 3 nitrogen and oxygen atoms in total. The summed E-state index contributed by atoms with van der Waals surface area (Å²) >= 11 is 0. The number of rotatable bonds is 4. The monoisotopic (exact) mass is 185 g/mol. The van der Waals surface area contributed by atoms with Crippen LogP contribution in [0.2, 0.25) is 0 Å². The molecule has 1 saturated carbocycles. The second-order valence-electron chi connectivity index (χ2n) is 3.80. The van der Waals surface area contributed by atoms with Crippen molar-refractivity contribution in [3.05, 3.63) is 0 Å². The molecule has 0 bridgehead atoms. The zero-order valence-electron chi connectivity index (χ0n) is 8.29.